The predicted octanol–water partition coefficient (Wildman–Crippen LogP) is 2.06. The number of ether oxygens (including phenoxy) is 1. The molecule has 1 fully saturated rings. The van der Waals surface area contributed by atoms with Crippen LogP contribution in [0.2, 0.25) is 0 Å². The lowest BCUT2D eigenvalue weighted by Crippen LogP contribution is -2.41. The Hall–Kier alpha value is -2.04. The summed E-state index contributed by atoms with van der Waals surface area (Å²) >= 11 is 0. The van der Waals surface area contributed by atoms with E-state index in [1.54, 1.807) is 0 Å². The fourth-order valence-electron chi connectivity index (χ4n) is 2.53. The van der Waals surface area contributed by atoms with Crippen LogP contribution in [0.3, 0.4) is 0 Å². The first-order valence-corrected chi connectivity index (χ1v) is 7.41. The number of hydrogen-bond donors (Lipinski definition) is 0. The molecule has 0 aliphatic carbocycles. The molecule has 21 heavy (non-hydrogen) atoms. The van der Waals surface area contributed by atoms with Crippen molar-refractivity contribution in [2.24, 2.45) is 0 Å². The lowest BCUT2D eigenvalue weighted by molar-refractivity contribution is -0.130. The number of nitrogens with zero attached hydrogens (tertiary/aromatic N) is 2. The van der Waals surface area contributed by atoms with Crippen molar-refractivity contribution >= 4 is 17.5 Å². The van der Waals surface area contributed by atoms with Crippen LogP contribution in [0, 0.1) is 0 Å². The number of anilines is 1. The molecule has 0 N–H and O–H groups in total. The highest BCUT2D eigenvalue weighted by Crippen LogP contribution is 2.28. The molecule has 2 rings (SSSR count). The van der Waals surface area contributed by atoms with Crippen molar-refractivity contribution < 1.29 is 14.3 Å². The molecule has 0 radical (unpaired) electrons. The van der Waals surface area contributed by atoms with Crippen molar-refractivity contribution in [3.63, 3.8) is 0 Å². The molecule has 1 aromatic rings. The Morgan fingerprint density at radius 1 is 1.24 bits per heavy atom. The van der Waals surface area contributed by atoms with E-state index in [1.807, 2.05) is 36.1 Å². The molecular formula is C16H22N2O3. The highest BCUT2D eigenvalue weighted by atomic mass is 16.5. The molecule has 0 aromatic heterocycles. The number of likely N-dealkylation sites (tertiary alicyclic amines) is 1. The standard InChI is InChI=1S/C16H22N2O3/c1-3-21-15-9-5-4-8-14(15)18(13(2)19)12-16(20)17-10-6-7-11-17/h4-5,8-9H,3,6-7,10-12H2,1-2H3. The summed E-state index contributed by atoms with van der Waals surface area (Å²) < 4.78 is 5.56. The van der Waals surface area contributed by atoms with E-state index in [9.17, 15) is 9.59 Å². The molecule has 5 heteroatoms. The maximum absolute atomic E-state index is 12.3. The first kappa shape index (κ1) is 15.4. The summed E-state index contributed by atoms with van der Waals surface area (Å²) in [6.45, 7) is 5.53. The smallest absolute Gasteiger partial charge is 0.242 e. The Kier molecular flexibility index (Phi) is 5.20. The van der Waals surface area contributed by atoms with Crippen molar-refractivity contribution in [1.82, 2.24) is 4.90 Å². The van der Waals surface area contributed by atoms with Gasteiger partial charge in [0.05, 0.1) is 12.3 Å². The molecule has 1 aromatic carbocycles. The summed E-state index contributed by atoms with van der Waals surface area (Å²) in [6.07, 6.45) is 2.09. The normalized spacial score (nSPS) is 14.1. The number of para-hydroxylation sites is 2. The molecule has 0 bridgehead atoms. The third kappa shape index (κ3) is 3.74. The third-order valence-corrected chi connectivity index (χ3v) is 3.59. The Morgan fingerprint density at radius 3 is 2.52 bits per heavy atom. The SMILES string of the molecule is CCOc1ccccc1N(CC(=O)N1CCCC1)C(C)=O. The average molecular weight is 290 g/mol. The second kappa shape index (κ2) is 7.11. The minimum Gasteiger partial charge on any atom is -0.492 e. The van der Waals surface area contributed by atoms with Crippen molar-refractivity contribution in [2.45, 2.75) is 26.7 Å². The number of carbonyl (C=O) groups excluding carboxylic acids is 2. The van der Waals surface area contributed by atoms with Crippen LogP contribution in [0.1, 0.15) is 26.7 Å². The van der Waals surface area contributed by atoms with Gasteiger partial charge in [-0.25, -0.2) is 0 Å². The lowest BCUT2D eigenvalue weighted by Gasteiger charge is -2.25. The van der Waals surface area contributed by atoms with Gasteiger partial charge in [0.25, 0.3) is 0 Å². The molecule has 0 atom stereocenters. The Bertz CT molecular complexity index is 510. The summed E-state index contributed by atoms with van der Waals surface area (Å²) in [5.41, 5.74) is 0.652. The van der Waals surface area contributed by atoms with Crippen molar-refractivity contribution in [3.8, 4) is 5.75 Å². The summed E-state index contributed by atoms with van der Waals surface area (Å²) in [4.78, 5) is 27.6. The van der Waals surface area contributed by atoms with Crippen LogP contribution in [-0.2, 0) is 9.59 Å². The van der Waals surface area contributed by atoms with Gasteiger partial charge < -0.3 is 9.64 Å². The average Bonchev–Trinajstić information content (AvgIpc) is 3.00. The highest BCUT2D eigenvalue weighted by Gasteiger charge is 2.24. The lowest BCUT2D eigenvalue weighted by atomic mass is 10.2. The molecule has 1 heterocycles. The number of rotatable bonds is 5. The second-order valence-electron chi connectivity index (χ2n) is 5.09. The minimum absolute atomic E-state index is 0.00555. The maximum atomic E-state index is 12.3. The summed E-state index contributed by atoms with van der Waals surface area (Å²) in [5.74, 6) is 0.466. The quantitative estimate of drug-likeness (QED) is 0.834. The summed E-state index contributed by atoms with van der Waals surface area (Å²) in [6, 6.07) is 7.32. The first-order chi connectivity index (χ1) is 10.1. The molecule has 0 unspecified atom stereocenters. The largest absolute Gasteiger partial charge is 0.492 e. The molecular weight excluding hydrogens is 268 g/mol. The summed E-state index contributed by atoms with van der Waals surface area (Å²) in [5, 5.41) is 0. The van der Waals surface area contributed by atoms with Gasteiger partial charge in [0.15, 0.2) is 0 Å². The maximum Gasteiger partial charge on any atom is 0.242 e. The van der Waals surface area contributed by atoms with Gasteiger partial charge in [0.2, 0.25) is 11.8 Å². The van der Waals surface area contributed by atoms with Gasteiger partial charge in [-0.2, -0.15) is 0 Å². The van der Waals surface area contributed by atoms with Gasteiger partial charge in [-0.15, -0.1) is 0 Å². The van der Waals surface area contributed by atoms with E-state index in [-0.39, 0.29) is 18.4 Å². The van der Waals surface area contributed by atoms with E-state index in [2.05, 4.69) is 0 Å². The third-order valence-electron chi connectivity index (χ3n) is 3.59. The monoisotopic (exact) mass is 290 g/mol. The van der Waals surface area contributed by atoms with Crippen LogP contribution in [0.4, 0.5) is 5.69 Å². The fourth-order valence-corrected chi connectivity index (χ4v) is 2.53. The van der Waals surface area contributed by atoms with E-state index in [0.29, 0.717) is 18.0 Å². The first-order valence-electron chi connectivity index (χ1n) is 7.41. The number of hydrogen-bond acceptors (Lipinski definition) is 3. The van der Waals surface area contributed by atoms with Crippen LogP contribution in [0.5, 0.6) is 5.75 Å². The highest BCUT2D eigenvalue weighted by molar-refractivity contribution is 5.98. The minimum atomic E-state index is -0.158. The van der Waals surface area contributed by atoms with Gasteiger partial charge in [-0.3, -0.25) is 14.5 Å². The van der Waals surface area contributed by atoms with Gasteiger partial charge in [-0.1, -0.05) is 12.1 Å². The van der Waals surface area contributed by atoms with Crippen molar-refractivity contribution in [2.75, 3.05) is 31.1 Å². The molecule has 0 spiro atoms. The topological polar surface area (TPSA) is 49.9 Å². The Balaban J connectivity index is 2.18. The molecule has 1 saturated heterocycles. The van der Waals surface area contributed by atoms with Gasteiger partial charge in [0, 0.05) is 20.0 Å². The Morgan fingerprint density at radius 2 is 1.90 bits per heavy atom. The zero-order valence-corrected chi connectivity index (χ0v) is 12.7. The van der Waals surface area contributed by atoms with Crippen LogP contribution in [0.15, 0.2) is 24.3 Å². The van der Waals surface area contributed by atoms with Crippen LogP contribution >= 0.6 is 0 Å². The van der Waals surface area contributed by atoms with E-state index < -0.39 is 0 Å². The van der Waals surface area contributed by atoms with Gasteiger partial charge in [-0.05, 0) is 31.9 Å². The number of carbonyl (C=O) groups is 2. The zero-order chi connectivity index (χ0) is 15.2. The fraction of sp³-hybridized carbons (Fsp3) is 0.500. The molecule has 5 nitrogen and oxygen atoms in total. The van der Waals surface area contributed by atoms with E-state index >= 15 is 0 Å². The molecule has 2 amide bonds. The second-order valence-corrected chi connectivity index (χ2v) is 5.09. The number of benzene rings is 1. The van der Waals surface area contributed by atoms with Crippen molar-refractivity contribution in [3.05, 3.63) is 24.3 Å². The summed E-state index contributed by atoms with van der Waals surface area (Å²) in [7, 11) is 0. The predicted molar refractivity (Wildman–Crippen MR) is 81.5 cm³/mol. The molecule has 1 aliphatic heterocycles. The van der Waals surface area contributed by atoms with Crippen LogP contribution in [0.25, 0.3) is 0 Å². The van der Waals surface area contributed by atoms with Gasteiger partial charge >= 0.3 is 0 Å². The Labute approximate surface area is 125 Å². The van der Waals surface area contributed by atoms with Crippen molar-refractivity contribution in [1.29, 1.82) is 0 Å². The number of amides is 2. The molecule has 1 aliphatic rings. The molecule has 0 saturated carbocycles. The van der Waals surface area contributed by atoms with Crippen LogP contribution < -0.4 is 9.64 Å². The van der Waals surface area contributed by atoms with E-state index in [1.165, 1.54) is 11.8 Å². The molecule has 114 valence electrons. The van der Waals surface area contributed by atoms with Gasteiger partial charge in [0.1, 0.15) is 12.3 Å². The van der Waals surface area contributed by atoms with Crippen LogP contribution in [-0.4, -0.2) is 43.0 Å². The van der Waals surface area contributed by atoms with E-state index in [0.717, 1.165) is 25.9 Å². The van der Waals surface area contributed by atoms with E-state index in [4.69, 9.17) is 4.74 Å². The zero-order valence-electron chi connectivity index (χ0n) is 12.7.